The van der Waals surface area contributed by atoms with E-state index < -0.39 is 11.9 Å². The smallest absolute Gasteiger partial charge is 0.357 e. The van der Waals surface area contributed by atoms with Gasteiger partial charge in [-0.05, 0) is 25.0 Å². The molecule has 0 aliphatic carbocycles. The number of ether oxygens (including phenoxy) is 2. The molecule has 0 saturated carbocycles. The van der Waals surface area contributed by atoms with Gasteiger partial charge in [-0.25, -0.2) is 4.79 Å². The number of carbonyl (C=O) groups is 1. The number of hydrogen-bond donors (Lipinski definition) is 0. The lowest BCUT2D eigenvalue weighted by Gasteiger charge is -2.28. The van der Waals surface area contributed by atoms with Crippen LogP contribution >= 0.6 is 0 Å². The Balaban J connectivity index is 2.01. The third-order valence-electron chi connectivity index (χ3n) is 2.46. The van der Waals surface area contributed by atoms with Crippen molar-refractivity contribution in [3.05, 3.63) is 35.9 Å². The van der Waals surface area contributed by atoms with E-state index in [2.05, 4.69) is 0 Å². The quantitative estimate of drug-likeness (QED) is 0.567. The van der Waals surface area contributed by atoms with Crippen molar-refractivity contribution in [2.75, 3.05) is 6.61 Å². The zero-order chi connectivity index (χ0) is 11.4. The topological polar surface area (TPSA) is 55.4 Å². The molecular formula is C12H13O4. The fourth-order valence-electron chi connectivity index (χ4n) is 1.60. The first kappa shape index (κ1) is 11.1. The van der Waals surface area contributed by atoms with Gasteiger partial charge in [0.15, 0.2) is 0 Å². The Morgan fingerprint density at radius 3 is 2.62 bits per heavy atom. The molecule has 85 valence electrons. The summed E-state index contributed by atoms with van der Waals surface area (Å²) in [6.45, 7) is 0.353. The van der Waals surface area contributed by atoms with Crippen molar-refractivity contribution in [1.82, 2.24) is 0 Å². The van der Waals surface area contributed by atoms with Crippen LogP contribution in [0.3, 0.4) is 0 Å². The molecule has 1 aromatic carbocycles. The highest BCUT2D eigenvalue weighted by Gasteiger charge is 2.37. The maximum atomic E-state index is 11.8. The van der Waals surface area contributed by atoms with Gasteiger partial charge in [-0.3, -0.25) is 0 Å². The highest BCUT2D eigenvalue weighted by molar-refractivity contribution is 5.89. The minimum Gasteiger partial charge on any atom is -0.402 e. The van der Waals surface area contributed by atoms with Gasteiger partial charge in [0.2, 0.25) is 0 Å². The Labute approximate surface area is 93.8 Å². The van der Waals surface area contributed by atoms with Crippen LogP contribution in [0.25, 0.3) is 0 Å². The van der Waals surface area contributed by atoms with Crippen molar-refractivity contribution in [2.45, 2.75) is 25.2 Å². The molecule has 4 nitrogen and oxygen atoms in total. The number of rotatable bonds is 2. The molecule has 16 heavy (non-hydrogen) atoms. The summed E-state index contributed by atoms with van der Waals surface area (Å²) in [4.78, 5) is 11.6. The molecule has 1 aromatic rings. The minimum atomic E-state index is -1.99. The molecule has 1 fully saturated rings. The normalized spacial score (nSPS) is 25.1. The predicted octanol–water partition coefficient (Wildman–Crippen LogP) is 2.13. The maximum Gasteiger partial charge on any atom is 0.357 e. The molecule has 0 spiro atoms. The first-order chi connectivity index (χ1) is 7.70. The molecule has 0 N–H and O–H groups in total. The molecule has 0 aromatic heterocycles. The second-order valence-corrected chi connectivity index (χ2v) is 3.74. The standard InChI is InChI=1S/C12H13O4/c13-11(10-6-2-1-3-7-10)16-12(14)8-4-5-9-15-12/h1-3,6-7H,4-5,8-9H2. The van der Waals surface area contributed by atoms with E-state index in [1.165, 1.54) is 0 Å². The summed E-state index contributed by atoms with van der Waals surface area (Å²) in [7, 11) is 0. The van der Waals surface area contributed by atoms with Crippen molar-refractivity contribution >= 4 is 5.97 Å². The number of benzene rings is 1. The fourth-order valence-corrected chi connectivity index (χ4v) is 1.60. The van der Waals surface area contributed by atoms with E-state index in [4.69, 9.17) is 9.47 Å². The monoisotopic (exact) mass is 221 g/mol. The molecule has 1 aliphatic heterocycles. The zero-order valence-electron chi connectivity index (χ0n) is 8.85. The van der Waals surface area contributed by atoms with E-state index in [1.807, 2.05) is 0 Å². The Kier molecular flexibility index (Phi) is 3.22. The average molecular weight is 221 g/mol. The molecule has 4 heteroatoms. The summed E-state index contributed by atoms with van der Waals surface area (Å²) in [5, 5.41) is 11.8. The van der Waals surface area contributed by atoms with Gasteiger partial charge < -0.3 is 9.47 Å². The second kappa shape index (κ2) is 4.63. The molecule has 1 saturated heterocycles. The summed E-state index contributed by atoms with van der Waals surface area (Å²) < 4.78 is 9.81. The van der Waals surface area contributed by atoms with Gasteiger partial charge in [0.25, 0.3) is 0 Å². The maximum absolute atomic E-state index is 11.8. The average Bonchev–Trinajstić information content (AvgIpc) is 2.30. The molecule has 1 aliphatic rings. The summed E-state index contributed by atoms with van der Waals surface area (Å²) in [6.07, 6.45) is 1.78. The van der Waals surface area contributed by atoms with Gasteiger partial charge in [-0.15, -0.1) is 0 Å². The minimum absolute atomic E-state index is 0.214. The first-order valence-electron chi connectivity index (χ1n) is 5.32. The summed E-state index contributed by atoms with van der Waals surface area (Å²) in [6, 6.07) is 8.44. The molecule has 0 amide bonds. The molecule has 0 bridgehead atoms. The van der Waals surface area contributed by atoms with Crippen molar-refractivity contribution in [2.24, 2.45) is 0 Å². The van der Waals surface area contributed by atoms with Crippen LogP contribution in [0.15, 0.2) is 30.3 Å². The highest BCUT2D eigenvalue weighted by Crippen LogP contribution is 2.25. The van der Waals surface area contributed by atoms with Crippen molar-refractivity contribution < 1.29 is 19.4 Å². The van der Waals surface area contributed by atoms with Crippen LogP contribution in [0.2, 0.25) is 0 Å². The van der Waals surface area contributed by atoms with E-state index in [0.29, 0.717) is 12.2 Å². The van der Waals surface area contributed by atoms with Crippen molar-refractivity contribution in [3.8, 4) is 0 Å². The first-order valence-corrected chi connectivity index (χ1v) is 5.32. The molecule has 1 atom stereocenters. The Morgan fingerprint density at radius 2 is 2.00 bits per heavy atom. The van der Waals surface area contributed by atoms with Crippen molar-refractivity contribution in [3.63, 3.8) is 0 Å². The van der Waals surface area contributed by atoms with Crippen LogP contribution in [0.4, 0.5) is 0 Å². The Bertz CT molecular complexity index is 355. The third-order valence-corrected chi connectivity index (χ3v) is 2.46. The van der Waals surface area contributed by atoms with Gasteiger partial charge in [-0.1, -0.05) is 18.2 Å². The molecule has 1 unspecified atom stereocenters. The van der Waals surface area contributed by atoms with E-state index in [1.54, 1.807) is 30.3 Å². The molecular weight excluding hydrogens is 208 g/mol. The van der Waals surface area contributed by atoms with Crippen molar-refractivity contribution in [1.29, 1.82) is 0 Å². The Hall–Kier alpha value is -1.39. The van der Waals surface area contributed by atoms with Crippen LogP contribution in [0.5, 0.6) is 0 Å². The van der Waals surface area contributed by atoms with E-state index in [-0.39, 0.29) is 6.42 Å². The summed E-state index contributed by atoms with van der Waals surface area (Å²) in [5.41, 5.74) is 0.367. The van der Waals surface area contributed by atoms with Gasteiger partial charge >= 0.3 is 11.9 Å². The number of esters is 1. The van der Waals surface area contributed by atoms with Gasteiger partial charge in [0.1, 0.15) is 0 Å². The number of carbonyl (C=O) groups excluding carboxylic acids is 1. The lowest BCUT2D eigenvalue weighted by Crippen LogP contribution is -2.39. The summed E-state index contributed by atoms with van der Waals surface area (Å²) >= 11 is 0. The largest absolute Gasteiger partial charge is 0.402 e. The SMILES string of the molecule is [O]C1(OC(=O)c2ccccc2)CCCCO1. The lowest BCUT2D eigenvalue weighted by atomic mass is 10.2. The van der Waals surface area contributed by atoms with Crippen LogP contribution in [-0.2, 0) is 14.6 Å². The third kappa shape index (κ3) is 2.59. The van der Waals surface area contributed by atoms with E-state index >= 15 is 0 Å². The zero-order valence-corrected chi connectivity index (χ0v) is 8.85. The van der Waals surface area contributed by atoms with Gasteiger partial charge in [-0.2, -0.15) is 5.11 Å². The second-order valence-electron chi connectivity index (χ2n) is 3.74. The van der Waals surface area contributed by atoms with Crippen LogP contribution in [0.1, 0.15) is 29.6 Å². The highest BCUT2D eigenvalue weighted by atomic mass is 16.8. The van der Waals surface area contributed by atoms with Crippen LogP contribution < -0.4 is 0 Å². The fraction of sp³-hybridized carbons (Fsp3) is 0.417. The van der Waals surface area contributed by atoms with Crippen LogP contribution in [-0.4, -0.2) is 18.5 Å². The predicted molar refractivity (Wildman–Crippen MR) is 55.1 cm³/mol. The molecule has 1 heterocycles. The lowest BCUT2D eigenvalue weighted by molar-refractivity contribution is -0.375. The van der Waals surface area contributed by atoms with Gasteiger partial charge in [0.05, 0.1) is 12.2 Å². The van der Waals surface area contributed by atoms with Gasteiger partial charge in [0, 0.05) is 6.42 Å². The molecule has 1 radical (unpaired) electrons. The van der Waals surface area contributed by atoms with Crippen LogP contribution in [0, 0.1) is 0 Å². The van der Waals surface area contributed by atoms with E-state index in [9.17, 15) is 9.90 Å². The number of hydrogen-bond acceptors (Lipinski definition) is 3. The molecule has 2 rings (SSSR count). The summed E-state index contributed by atoms with van der Waals surface area (Å²) in [5.74, 6) is -2.62. The van der Waals surface area contributed by atoms with E-state index in [0.717, 1.165) is 12.8 Å². The Morgan fingerprint density at radius 1 is 1.25 bits per heavy atom.